The highest BCUT2D eigenvalue weighted by Gasteiger charge is 2.42. The molecule has 2 fully saturated rings. The van der Waals surface area contributed by atoms with Crippen LogP contribution in [0, 0.1) is 18.8 Å². The molecule has 3 rings (SSSR count). The van der Waals surface area contributed by atoms with Crippen LogP contribution in [0.5, 0.6) is 0 Å². The smallest absolute Gasteiger partial charge is 0.246 e. The summed E-state index contributed by atoms with van der Waals surface area (Å²) in [5, 5.41) is 6.71. The number of hydrogen-bond acceptors (Lipinski definition) is 3. The summed E-state index contributed by atoms with van der Waals surface area (Å²) in [6, 6.07) is 0. The third-order valence-electron chi connectivity index (χ3n) is 4.38. The van der Waals surface area contributed by atoms with Crippen LogP contribution in [0.3, 0.4) is 0 Å². The van der Waals surface area contributed by atoms with Crippen LogP contribution in [0.1, 0.15) is 30.7 Å². The molecule has 1 aliphatic carbocycles. The Labute approximate surface area is 118 Å². The fourth-order valence-electron chi connectivity index (χ4n) is 3.42. The van der Waals surface area contributed by atoms with Gasteiger partial charge in [-0.15, -0.1) is 11.6 Å². The fourth-order valence-corrected chi connectivity index (χ4v) is 5.57. The van der Waals surface area contributed by atoms with E-state index in [0.29, 0.717) is 36.3 Å². The number of hydrogen-bond donors (Lipinski definition) is 1. The summed E-state index contributed by atoms with van der Waals surface area (Å²) < 4.78 is 27.1. The highest BCUT2D eigenvalue weighted by Crippen LogP contribution is 2.40. The van der Waals surface area contributed by atoms with Crippen LogP contribution < -0.4 is 0 Å². The summed E-state index contributed by atoms with van der Waals surface area (Å²) >= 11 is 5.79. The van der Waals surface area contributed by atoms with Crippen molar-refractivity contribution in [3.63, 3.8) is 0 Å². The van der Waals surface area contributed by atoms with Gasteiger partial charge in [0.25, 0.3) is 0 Å². The van der Waals surface area contributed by atoms with Gasteiger partial charge in [0.15, 0.2) is 0 Å². The highest BCUT2D eigenvalue weighted by molar-refractivity contribution is 7.89. The van der Waals surface area contributed by atoms with E-state index in [4.69, 9.17) is 11.6 Å². The molecule has 5 nitrogen and oxygen atoms in total. The predicted octanol–water partition coefficient (Wildman–Crippen LogP) is 1.88. The molecular formula is C12H18ClN3O2S. The van der Waals surface area contributed by atoms with E-state index in [2.05, 4.69) is 10.2 Å². The molecule has 7 heteroatoms. The summed E-state index contributed by atoms with van der Waals surface area (Å²) in [5.74, 6) is 1.20. The molecule has 2 heterocycles. The van der Waals surface area contributed by atoms with E-state index in [1.54, 1.807) is 11.2 Å². The summed E-state index contributed by atoms with van der Waals surface area (Å²) in [6.07, 6.45) is 3.55. The van der Waals surface area contributed by atoms with E-state index in [0.717, 1.165) is 12.8 Å². The topological polar surface area (TPSA) is 66.1 Å². The van der Waals surface area contributed by atoms with E-state index in [-0.39, 0.29) is 10.8 Å². The van der Waals surface area contributed by atoms with Gasteiger partial charge in [0.1, 0.15) is 4.90 Å². The van der Waals surface area contributed by atoms with Gasteiger partial charge in [-0.2, -0.15) is 9.40 Å². The third-order valence-corrected chi connectivity index (χ3v) is 6.67. The molecule has 106 valence electrons. The molecule has 1 saturated carbocycles. The van der Waals surface area contributed by atoms with Gasteiger partial charge in [-0.3, -0.25) is 5.10 Å². The Bertz CT molecular complexity index is 572. The zero-order chi connectivity index (χ0) is 13.6. The Morgan fingerprint density at radius 1 is 1.37 bits per heavy atom. The quantitative estimate of drug-likeness (QED) is 0.867. The number of alkyl halides is 1. The average molecular weight is 304 g/mol. The van der Waals surface area contributed by atoms with E-state index in [1.807, 2.05) is 0 Å². The Hall–Kier alpha value is -0.590. The average Bonchev–Trinajstić information content (AvgIpc) is 3.00. The SMILES string of the molecule is Cc1[nH]nc(CCl)c1S(=O)(=O)N1CC2CCCC2C1. The minimum Gasteiger partial charge on any atom is -0.281 e. The molecule has 1 N–H and O–H groups in total. The molecule has 0 aromatic carbocycles. The number of fused-ring (bicyclic) bond motifs is 1. The van der Waals surface area contributed by atoms with E-state index < -0.39 is 10.0 Å². The van der Waals surface area contributed by atoms with Crippen molar-refractivity contribution in [1.29, 1.82) is 0 Å². The maximum Gasteiger partial charge on any atom is 0.246 e. The van der Waals surface area contributed by atoms with Gasteiger partial charge >= 0.3 is 0 Å². The van der Waals surface area contributed by atoms with Crippen LogP contribution in [-0.4, -0.2) is 36.0 Å². The maximum atomic E-state index is 12.7. The molecule has 19 heavy (non-hydrogen) atoms. The van der Waals surface area contributed by atoms with Crippen molar-refractivity contribution in [3.05, 3.63) is 11.4 Å². The number of nitrogens with one attached hydrogen (secondary N) is 1. The van der Waals surface area contributed by atoms with Crippen molar-refractivity contribution in [2.24, 2.45) is 11.8 Å². The lowest BCUT2D eigenvalue weighted by molar-refractivity contribution is 0.444. The minimum absolute atomic E-state index is 0.111. The van der Waals surface area contributed by atoms with Gasteiger partial charge in [0.05, 0.1) is 17.3 Å². The fraction of sp³-hybridized carbons (Fsp3) is 0.750. The van der Waals surface area contributed by atoms with Crippen molar-refractivity contribution >= 4 is 21.6 Å². The Kier molecular flexibility index (Phi) is 3.35. The second-order valence-corrected chi connectivity index (χ2v) is 7.67. The molecule has 1 aliphatic heterocycles. The Balaban J connectivity index is 1.93. The van der Waals surface area contributed by atoms with Crippen LogP contribution in [0.25, 0.3) is 0 Å². The number of nitrogens with zero attached hydrogens (tertiary/aromatic N) is 2. The molecule has 0 spiro atoms. The molecule has 0 amide bonds. The summed E-state index contributed by atoms with van der Waals surface area (Å²) in [5.41, 5.74) is 1.00. The first-order valence-corrected chi connectivity index (χ1v) is 8.61. The van der Waals surface area contributed by atoms with Crippen molar-refractivity contribution < 1.29 is 8.42 Å². The van der Waals surface area contributed by atoms with E-state index in [9.17, 15) is 8.42 Å². The second kappa shape index (κ2) is 4.75. The molecule has 0 radical (unpaired) electrons. The monoisotopic (exact) mass is 303 g/mol. The summed E-state index contributed by atoms with van der Waals surface area (Å²) in [4.78, 5) is 0.280. The number of halogens is 1. The van der Waals surface area contributed by atoms with E-state index >= 15 is 0 Å². The van der Waals surface area contributed by atoms with Crippen molar-refractivity contribution in [2.75, 3.05) is 13.1 Å². The molecule has 1 aromatic rings. The van der Waals surface area contributed by atoms with E-state index in [1.165, 1.54) is 6.42 Å². The van der Waals surface area contributed by atoms with Gasteiger partial charge in [-0.25, -0.2) is 8.42 Å². The van der Waals surface area contributed by atoms with Crippen LogP contribution in [0.15, 0.2) is 4.90 Å². The molecular weight excluding hydrogens is 286 g/mol. The van der Waals surface area contributed by atoms with Crippen molar-refractivity contribution in [3.8, 4) is 0 Å². The number of rotatable bonds is 3. The maximum absolute atomic E-state index is 12.7. The molecule has 0 bridgehead atoms. The molecule has 2 unspecified atom stereocenters. The second-order valence-electron chi connectivity index (χ2n) is 5.53. The normalized spacial score (nSPS) is 27.9. The Morgan fingerprint density at radius 2 is 2.00 bits per heavy atom. The molecule has 2 atom stereocenters. The van der Waals surface area contributed by atoms with Crippen LogP contribution >= 0.6 is 11.6 Å². The van der Waals surface area contributed by atoms with Gasteiger partial charge < -0.3 is 0 Å². The van der Waals surface area contributed by atoms with Gasteiger partial charge in [0, 0.05) is 13.1 Å². The number of sulfonamides is 1. The van der Waals surface area contributed by atoms with Gasteiger partial charge in [-0.05, 0) is 31.6 Å². The summed E-state index contributed by atoms with van der Waals surface area (Å²) in [7, 11) is -3.46. The van der Waals surface area contributed by atoms with Crippen LogP contribution in [-0.2, 0) is 15.9 Å². The molecule has 2 aliphatic rings. The molecule has 1 aromatic heterocycles. The minimum atomic E-state index is -3.46. The van der Waals surface area contributed by atoms with Crippen LogP contribution in [0.4, 0.5) is 0 Å². The number of aromatic nitrogens is 2. The lowest BCUT2D eigenvalue weighted by Gasteiger charge is -2.17. The zero-order valence-corrected chi connectivity index (χ0v) is 12.5. The highest BCUT2D eigenvalue weighted by atomic mass is 35.5. The van der Waals surface area contributed by atoms with Crippen molar-refractivity contribution in [2.45, 2.75) is 37.0 Å². The summed E-state index contributed by atoms with van der Waals surface area (Å²) in [6.45, 7) is 3.03. The lowest BCUT2D eigenvalue weighted by atomic mass is 10.0. The number of aromatic amines is 1. The lowest BCUT2D eigenvalue weighted by Crippen LogP contribution is -2.30. The first-order chi connectivity index (χ1) is 9.04. The zero-order valence-electron chi connectivity index (χ0n) is 10.9. The van der Waals surface area contributed by atoms with Gasteiger partial charge in [-0.1, -0.05) is 6.42 Å². The first-order valence-electron chi connectivity index (χ1n) is 6.64. The largest absolute Gasteiger partial charge is 0.281 e. The Morgan fingerprint density at radius 3 is 2.58 bits per heavy atom. The predicted molar refractivity (Wildman–Crippen MR) is 72.5 cm³/mol. The van der Waals surface area contributed by atoms with Gasteiger partial charge in [0.2, 0.25) is 10.0 Å². The third kappa shape index (κ3) is 2.10. The van der Waals surface area contributed by atoms with Crippen LogP contribution in [0.2, 0.25) is 0 Å². The standard InChI is InChI=1S/C12H18ClN3O2S/c1-8-12(11(5-13)15-14-8)19(17,18)16-6-9-3-2-4-10(9)7-16/h9-10H,2-7H2,1H3,(H,14,15). The number of aryl methyl sites for hydroxylation is 1. The molecule has 1 saturated heterocycles. The first kappa shape index (κ1) is 13.4. The number of H-pyrrole nitrogens is 1. The van der Waals surface area contributed by atoms with Crippen molar-refractivity contribution in [1.82, 2.24) is 14.5 Å².